The lowest BCUT2D eigenvalue weighted by molar-refractivity contribution is 0.104. The molecule has 0 radical (unpaired) electrons. The maximum Gasteiger partial charge on any atom is 0.185 e. The highest BCUT2D eigenvalue weighted by atomic mass is 79.9. The number of hydrogen-bond acceptors (Lipinski definition) is 5. The van der Waals surface area contributed by atoms with Gasteiger partial charge in [-0.1, -0.05) is 15.9 Å². The van der Waals surface area contributed by atoms with Crippen molar-refractivity contribution in [2.75, 3.05) is 20.5 Å². The van der Waals surface area contributed by atoms with E-state index in [0.29, 0.717) is 21.5 Å². The third kappa shape index (κ3) is 4.13. The van der Waals surface area contributed by atoms with Gasteiger partial charge in [-0.15, -0.1) is 11.8 Å². The van der Waals surface area contributed by atoms with Crippen LogP contribution in [0, 0.1) is 0 Å². The van der Waals surface area contributed by atoms with E-state index in [1.54, 1.807) is 43.1 Å². The second-order valence-corrected chi connectivity index (χ2v) is 6.52. The van der Waals surface area contributed by atoms with Crippen molar-refractivity contribution in [1.82, 2.24) is 0 Å². The number of allylic oxidation sites excluding steroid dienone is 1. The fraction of sp³-hybridized carbons (Fsp3) is 0.167. The van der Waals surface area contributed by atoms with E-state index in [0.717, 1.165) is 10.5 Å². The number of hydrogen-bond donors (Lipinski definition) is 1. The zero-order valence-electron chi connectivity index (χ0n) is 13.5. The quantitative estimate of drug-likeness (QED) is 0.422. The van der Waals surface area contributed by atoms with Gasteiger partial charge in [0.15, 0.2) is 17.3 Å². The van der Waals surface area contributed by atoms with Crippen LogP contribution in [0.2, 0.25) is 0 Å². The number of carbonyl (C=O) groups is 1. The zero-order chi connectivity index (χ0) is 17.7. The summed E-state index contributed by atoms with van der Waals surface area (Å²) in [6.07, 6.45) is 5.10. The molecule has 0 aliphatic heterocycles. The van der Waals surface area contributed by atoms with Gasteiger partial charge in [-0.2, -0.15) is 0 Å². The number of aromatic hydroxyl groups is 1. The Labute approximate surface area is 153 Å². The van der Waals surface area contributed by atoms with Gasteiger partial charge in [-0.25, -0.2) is 0 Å². The van der Waals surface area contributed by atoms with Gasteiger partial charge in [-0.3, -0.25) is 4.79 Å². The van der Waals surface area contributed by atoms with Gasteiger partial charge in [0.1, 0.15) is 5.75 Å². The van der Waals surface area contributed by atoms with Crippen LogP contribution >= 0.6 is 27.7 Å². The minimum atomic E-state index is -0.139. The maximum absolute atomic E-state index is 12.4. The van der Waals surface area contributed by atoms with Crippen LogP contribution in [0.15, 0.2) is 45.8 Å². The fourth-order valence-corrected chi connectivity index (χ4v) is 3.11. The minimum absolute atomic E-state index is 0.0326. The first-order chi connectivity index (χ1) is 11.5. The van der Waals surface area contributed by atoms with Crippen molar-refractivity contribution in [2.24, 2.45) is 0 Å². The van der Waals surface area contributed by atoms with Crippen LogP contribution in [-0.2, 0) is 0 Å². The van der Waals surface area contributed by atoms with Gasteiger partial charge in [0.2, 0.25) is 0 Å². The summed E-state index contributed by atoms with van der Waals surface area (Å²) in [5.41, 5.74) is 1.27. The molecule has 0 unspecified atom stereocenters. The Morgan fingerprint density at radius 1 is 1.17 bits per heavy atom. The highest BCUT2D eigenvalue weighted by molar-refractivity contribution is 9.10. The topological polar surface area (TPSA) is 55.8 Å². The molecule has 0 bridgehead atoms. The molecule has 6 heteroatoms. The van der Waals surface area contributed by atoms with E-state index in [-0.39, 0.29) is 11.5 Å². The number of carbonyl (C=O) groups excluding carboxylic acids is 1. The number of benzene rings is 2. The molecule has 1 N–H and O–H groups in total. The number of ether oxygens (including phenoxy) is 2. The number of thioether (sulfide) groups is 1. The van der Waals surface area contributed by atoms with Crippen LogP contribution in [0.25, 0.3) is 6.08 Å². The summed E-state index contributed by atoms with van der Waals surface area (Å²) >= 11 is 4.92. The number of phenols is 1. The second kappa shape index (κ2) is 8.26. The van der Waals surface area contributed by atoms with Crippen LogP contribution < -0.4 is 9.47 Å². The summed E-state index contributed by atoms with van der Waals surface area (Å²) in [5.74, 6) is 0.913. The summed E-state index contributed by atoms with van der Waals surface area (Å²) in [6.45, 7) is 0. The maximum atomic E-state index is 12.4. The van der Waals surface area contributed by atoms with Crippen molar-refractivity contribution in [3.05, 3.63) is 52.0 Å². The lowest BCUT2D eigenvalue weighted by Gasteiger charge is -2.08. The SMILES string of the molecule is COc1cc(/C=C/C(=O)c2ccc(SC)c(OC)c2)c(Br)cc1O. The Morgan fingerprint density at radius 3 is 2.50 bits per heavy atom. The average molecular weight is 409 g/mol. The zero-order valence-corrected chi connectivity index (χ0v) is 15.9. The largest absolute Gasteiger partial charge is 0.504 e. The van der Waals surface area contributed by atoms with Crippen LogP contribution in [0.3, 0.4) is 0 Å². The molecule has 0 spiro atoms. The molecule has 2 aromatic rings. The van der Waals surface area contributed by atoms with Crippen molar-refractivity contribution in [1.29, 1.82) is 0 Å². The molecule has 0 saturated carbocycles. The first-order valence-electron chi connectivity index (χ1n) is 7.01. The molecule has 2 rings (SSSR count). The molecule has 2 aromatic carbocycles. The molecule has 0 atom stereocenters. The minimum Gasteiger partial charge on any atom is -0.504 e. The van der Waals surface area contributed by atoms with E-state index in [1.807, 2.05) is 12.3 Å². The standard InChI is InChI=1S/C18H17BrO4S/c1-22-16-8-11(13(19)10-15(16)21)4-6-14(20)12-5-7-18(24-3)17(9-12)23-2/h4-10,21H,1-3H3/b6-4+. The summed E-state index contributed by atoms with van der Waals surface area (Å²) in [7, 11) is 3.06. The van der Waals surface area contributed by atoms with E-state index in [9.17, 15) is 9.90 Å². The molecule has 4 nitrogen and oxygen atoms in total. The molecule has 126 valence electrons. The van der Waals surface area contributed by atoms with Crippen LogP contribution in [0.1, 0.15) is 15.9 Å². The summed E-state index contributed by atoms with van der Waals surface area (Å²) in [5, 5.41) is 9.72. The molecule has 0 aromatic heterocycles. The Hall–Kier alpha value is -1.92. The van der Waals surface area contributed by atoms with Crippen molar-refractivity contribution < 1.29 is 19.4 Å². The van der Waals surface area contributed by atoms with E-state index in [2.05, 4.69) is 15.9 Å². The van der Waals surface area contributed by atoms with Crippen LogP contribution in [-0.4, -0.2) is 31.4 Å². The van der Waals surface area contributed by atoms with Crippen molar-refractivity contribution in [2.45, 2.75) is 4.90 Å². The van der Waals surface area contributed by atoms with Gasteiger partial charge in [0.25, 0.3) is 0 Å². The van der Waals surface area contributed by atoms with Crippen LogP contribution in [0.5, 0.6) is 17.2 Å². The average Bonchev–Trinajstić information content (AvgIpc) is 2.60. The molecule has 0 fully saturated rings. The van der Waals surface area contributed by atoms with E-state index in [1.165, 1.54) is 19.3 Å². The summed E-state index contributed by atoms with van der Waals surface area (Å²) in [6, 6.07) is 8.54. The van der Waals surface area contributed by atoms with Crippen LogP contribution in [0.4, 0.5) is 0 Å². The molecule has 24 heavy (non-hydrogen) atoms. The molecule has 0 amide bonds. The molecule has 0 aliphatic carbocycles. The Balaban J connectivity index is 2.28. The van der Waals surface area contributed by atoms with Gasteiger partial charge in [0, 0.05) is 14.9 Å². The summed E-state index contributed by atoms with van der Waals surface area (Å²) < 4.78 is 11.0. The number of ketones is 1. The summed E-state index contributed by atoms with van der Waals surface area (Å²) in [4.78, 5) is 13.3. The van der Waals surface area contributed by atoms with E-state index in [4.69, 9.17) is 9.47 Å². The first kappa shape index (κ1) is 18.4. The highest BCUT2D eigenvalue weighted by Gasteiger charge is 2.09. The lowest BCUT2D eigenvalue weighted by atomic mass is 10.1. The Morgan fingerprint density at radius 2 is 1.88 bits per heavy atom. The third-order valence-corrected chi connectivity index (χ3v) is 4.84. The number of methoxy groups -OCH3 is 2. The molecule has 0 aliphatic rings. The molecular formula is C18H17BrO4S. The van der Waals surface area contributed by atoms with E-state index >= 15 is 0 Å². The number of rotatable bonds is 6. The third-order valence-electron chi connectivity index (χ3n) is 3.38. The lowest BCUT2D eigenvalue weighted by Crippen LogP contribution is -1.96. The number of halogens is 1. The van der Waals surface area contributed by atoms with Gasteiger partial charge in [-0.05, 0) is 54.3 Å². The first-order valence-corrected chi connectivity index (χ1v) is 9.02. The fourth-order valence-electron chi connectivity index (χ4n) is 2.10. The Bertz CT molecular complexity index is 787. The van der Waals surface area contributed by atoms with Crippen molar-refractivity contribution in [3.8, 4) is 17.2 Å². The smallest absolute Gasteiger partial charge is 0.185 e. The van der Waals surface area contributed by atoms with E-state index < -0.39 is 0 Å². The second-order valence-electron chi connectivity index (χ2n) is 4.81. The normalized spacial score (nSPS) is 10.8. The monoisotopic (exact) mass is 408 g/mol. The molecular weight excluding hydrogens is 392 g/mol. The molecule has 0 saturated heterocycles. The van der Waals surface area contributed by atoms with Gasteiger partial charge >= 0.3 is 0 Å². The van der Waals surface area contributed by atoms with Crippen molar-refractivity contribution in [3.63, 3.8) is 0 Å². The predicted molar refractivity (Wildman–Crippen MR) is 100 cm³/mol. The van der Waals surface area contributed by atoms with Gasteiger partial charge < -0.3 is 14.6 Å². The molecule has 0 heterocycles. The highest BCUT2D eigenvalue weighted by Crippen LogP contribution is 2.33. The number of phenolic OH excluding ortho intramolecular Hbond substituents is 1. The predicted octanol–water partition coefficient (Wildman–Crippen LogP) is 4.79. The van der Waals surface area contributed by atoms with Crippen molar-refractivity contribution >= 4 is 39.6 Å². The van der Waals surface area contributed by atoms with Gasteiger partial charge in [0.05, 0.1) is 14.2 Å². The Kier molecular flexibility index (Phi) is 6.34.